The van der Waals surface area contributed by atoms with Crippen molar-refractivity contribution >= 4 is 39.1 Å². The number of anilines is 1. The summed E-state index contributed by atoms with van der Waals surface area (Å²) >= 11 is 1.75. The molecular weight excluding hydrogens is 480 g/mol. The number of aromatic nitrogens is 7. The maximum atomic E-state index is 4.77. The fraction of sp³-hybridized carbons (Fsp3) is 0.179. The molecule has 3 N–H and O–H groups in total. The first-order valence-electron chi connectivity index (χ1n) is 11.9. The van der Waals surface area contributed by atoms with E-state index in [1.54, 1.807) is 36.1 Å². The zero-order chi connectivity index (χ0) is 25.7. The molecule has 0 bridgehead atoms. The molecule has 6 aromatic rings. The van der Waals surface area contributed by atoms with Crippen molar-refractivity contribution in [2.45, 2.75) is 27.7 Å². The fourth-order valence-electron chi connectivity index (χ4n) is 4.07. The van der Waals surface area contributed by atoms with Gasteiger partial charge in [0.15, 0.2) is 11.5 Å². The van der Waals surface area contributed by atoms with Crippen LogP contribution in [0.1, 0.15) is 25.6 Å². The van der Waals surface area contributed by atoms with E-state index in [0.29, 0.717) is 17.2 Å². The van der Waals surface area contributed by atoms with Crippen LogP contribution in [0.2, 0.25) is 0 Å². The highest BCUT2D eigenvalue weighted by Crippen LogP contribution is 2.34. The Hall–Kier alpha value is -4.37. The van der Waals surface area contributed by atoms with Crippen molar-refractivity contribution in [1.82, 2.24) is 35.1 Å². The number of nitrogens with one attached hydrogen (secondary N) is 3. The van der Waals surface area contributed by atoms with Gasteiger partial charge < -0.3 is 10.3 Å². The van der Waals surface area contributed by atoms with E-state index in [9.17, 15) is 0 Å². The van der Waals surface area contributed by atoms with E-state index in [-0.39, 0.29) is 5.41 Å². The second kappa shape index (κ2) is 8.63. The Morgan fingerprint density at radius 2 is 1.92 bits per heavy atom. The molecule has 0 aromatic carbocycles. The standard InChI is InChI=1S/C28H26N8S/c1-15-6-7-23(37-15)19-8-9-30-26-24(19)33-27(34-26)25-20-11-21(31-14-22(20)35-36-25)17-10-18(13-29-12-17)32-16(2)28(3,4)5/h6-14,32H,2H2,1,3-5H3,(H,35,36)(H,30,33,34). The molecule has 0 saturated heterocycles. The van der Waals surface area contributed by atoms with Gasteiger partial charge in [-0.15, -0.1) is 11.3 Å². The van der Waals surface area contributed by atoms with Crippen LogP contribution < -0.4 is 5.32 Å². The number of allylic oxidation sites excluding steroid dienone is 1. The van der Waals surface area contributed by atoms with Crippen molar-refractivity contribution in [2.75, 3.05) is 5.32 Å². The summed E-state index contributed by atoms with van der Waals surface area (Å²) in [6.07, 6.45) is 7.18. The average Bonchev–Trinajstić information content (AvgIpc) is 3.60. The second-order valence-corrected chi connectivity index (χ2v) is 11.3. The number of imidazole rings is 1. The molecule has 8 nitrogen and oxygen atoms in total. The lowest BCUT2D eigenvalue weighted by molar-refractivity contribution is 0.509. The molecule has 0 saturated carbocycles. The van der Waals surface area contributed by atoms with Gasteiger partial charge >= 0.3 is 0 Å². The van der Waals surface area contributed by atoms with E-state index in [2.05, 4.69) is 81.9 Å². The third-order valence-electron chi connectivity index (χ3n) is 6.30. The summed E-state index contributed by atoms with van der Waals surface area (Å²) in [5.74, 6) is 0.654. The van der Waals surface area contributed by atoms with Gasteiger partial charge in [0.1, 0.15) is 5.69 Å². The Morgan fingerprint density at radius 3 is 2.70 bits per heavy atom. The fourth-order valence-corrected chi connectivity index (χ4v) is 4.97. The molecule has 184 valence electrons. The van der Waals surface area contributed by atoms with Crippen LogP contribution in [0.15, 0.2) is 67.4 Å². The van der Waals surface area contributed by atoms with E-state index in [4.69, 9.17) is 4.98 Å². The Bertz CT molecular complexity index is 1780. The Kier molecular flexibility index (Phi) is 5.38. The summed E-state index contributed by atoms with van der Waals surface area (Å²) in [6.45, 7) is 12.6. The van der Waals surface area contributed by atoms with Crippen molar-refractivity contribution < 1.29 is 0 Å². The monoisotopic (exact) mass is 506 g/mol. The third kappa shape index (κ3) is 4.27. The molecular formula is C28H26N8S. The molecule has 0 aliphatic rings. The molecule has 6 rings (SSSR count). The maximum absolute atomic E-state index is 4.77. The van der Waals surface area contributed by atoms with Crippen molar-refractivity contribution in [3.8, 4) is 33.2 Å². The molecule has 0 spiro atoms. The number of hydrogen-bond acceptors (Lipinski definition) is 7. The SMILES string of the molecule is C=C(Nc1cncc(-c2cc3c(-c4nc5nccc(-c6ccc(C)s6)c5[nH]4)n[nH]c3cn2)c1)C(C)(C)C. The van der Waals surface area contributed by atoms with Crippen LogP contribution in [0.4, 0.5) is 5.69 Å². The zero-order valence-corrected chi connectivity index (χ0v) is 21.9. The normalized spacial score (nSPS) is 11.9. The first-order chi connectivity index (χ1) is 17.8. The summed E-state index contributed by atoms with van der Waals surface area (Å²) in [5.41, 5.74) is 7.57. The summed E-state index contributed by atoms with van der Waals surface area (Å²) in [6, 6.07) is 10.3. The summed E-state index contributed by atoms with van der Waals surface area (Å²) in [7, 11) is 0. The van der Waals surface area contributed by atoms with Crippen molar-refractivity contribution in [3.05, 3.63) is 72.3 Å². The van der Waals surface area contributed by atoms with Crippen LogP contribution in [-0.4, -0.2) is 35.1 Å². The van der Waals surface area contributed by atoms with Gasteiger partial charge in [0.25, 0.3) is 0 Å². The zero-order valence-electron chi connectivity index (χ0n) is 21.0. The molecule has 0 radical (unpaired) electrons. The number of H-pyrrole nitrogens is 2. The number of nitrogens with zero attached hydrogens (tertiary/aromatic N) is 5. The average molecular weight is 507 g/mol. The molecule has 0 atom stereocenters. The van der Waals surface area contributed by atoms with Crippen molar-refractivity contribution in [2.24, 2.45) is 5.41 Å². The van der Waals surface area contributed by atoms with E-state index in [1.165, 1.54) is 9.75 Å². The maximum Gasteiger partial charge on any atom is 0.178 e. The van der Waals surface area contributed by atoms with Gasteiger partial charge in [-0.3, -0.25) is 15.1 Å². The highest BCUT2D eigenvalue weighted by molar-refractivity contribution is 7.15. The van der Waals surface area contributed by atoms with Gasteiger partial charge in [-0.05, 0) is 37.3 Å². The topological polar surface area (TPSA) is 108 Å². The molecule has 37 heavy (non-hydrogen) atoms. The van der Waals surface area contributed by atoms with Gasteiger partial charge in [0.2, 0.25) is 0 Å². The van der Waals surface area contributed by atoms with Crippen LogP contribution in [0.25, 0.3) is 55.3 Å². The summed E-state index contributed by atoms with van der Waals surface area (Å²) in [5, 5.41) is 11.9. The first-order valence-corrected chi connectivity index (χ1v) is 12.8. The number of fused-ring (bicyclic) bond motifs is 2. The first kappa shape index (κ1) is 23.1. The second-order valence-electron chi connectivity index (χ2n) is 10.1. The summed E-state index contributed by atoms with van der Waals surface area (Å²) < 4.78 is 0. The van der Waals surface area contributed by atoms with Gasteiger partial charge in [0, 0.05) is 49.8 Å². The van der Waals surface area contributed by atoms with Gasteiger partial charge in [-0.2, -0.15) is 5.10 Å². The van der Waals surface area contributed by atoms with Gasteiger partial charge in [-0.1, -0.05) is 27.4 Å². The third-order valence-corrected chi connectivity index (χ3v) is 7.34. The Morgan fingerprint density at radius 1 is 1.05 bits per heavy atom. The number of thiophene rings is 1. The molecule has 0 unspecified atom stereocenters. The molecule has 0 aliphatic carbocycles. The van der Waals surface area contributed by atoms with E-state index >= 15 is 0 Å². The minimum Gasteiger partial charge on any atom is -0.358 e. The van der Waals surface area contributed by atoms with Crippen LogP contribution >= 0.6 is 11.3 Å². The molecule has 0 fully saturated rings. The Balaban J connectivity index is 1.40. The Labute approximate surface area is 218 Å². The van der Waals surface area contributed by atoms with E-state index in [0.717, 1.165) is 44.6 Å². The lowest BCUT2D eigenvalue weighted by Crippen LogP contribution is -2.15. The summed E-state index contributed by atoms with van der Waals surface area (Å²) in [4.78, 5) is 24.2. The van der Waals surface area contributed by atoms with Crippen LogP contribution in [-0.2, 0) is 0 Å². The number of rotatable bonds is 5. The largest absolute Gasteiger partial charge is 0.358 e. The molecule has 6 heterocycles. The minimum atomic E-state index is -0.0670. The lowest BCUT2D eigenvalue weighted by Gasteiger charge is -2.23. The molecule has 0 aliphatic heterocycles. The molecule has 0 amide bonds. The van der Waals surface area contributed by atoms with Crippen molar-refractivity contribution in [3.63, 3.8) is 0 Å². The van der Waals surface area contributed by atoms with Crippen LogP contribution in [0.3, 0.4) is 0 Å². The lowest BCUT2D eigenvalue weighted by atomic mass is 9.93. The number of aromatic amines is 2. The number of pyridine rings is 3. The number of hydrogen-bond donors (Lipinski definition) is 3. The highest BCUT2D eigenvalue weighted by atomic mass is 32.1. The predicted octanol–water partition coefficient (Wildman–Crippen LogP) is 6.97. The van der Waals surface area contributed by atoms with E-state index < -0.39 is 0 Å². The highest BCUT2D eigenvalue weighted by Gasteiger charge is 2.18. The van der Waals surface area contributed by atoms with Gasteiger partial charge in [-0.25, -0.2) is 9.97 Å². The molecule has 6 aromatic heterocycles. The minimum absolute atomic E-state index is 0.0670. The smallest absolute Gasteiger partial charge is 0.178 e. The predicted molar refractivity (Wildman–Crippen MR) is 150 cm³/mol. The van der Waals surface area contributed by atoms with Crippen molar-refractivity contribution in [1.29, 1.82) is 0 Å². The van der Waals surface area contributed by atoms with Crippen LogP contribution in [0, 0.1) is 12.3 Å². The quantitative estimate of drug-likeness (QED) is 0.233. The van der Waals surface area contributed by atoms with Crippen LogP contribution in [0.5, 0.6) is 0 Å². The van der Waals surface area contributed by atoms with Gasteiger partial charge in [0.05, 0.1) is 34.8 Å². The molecule has 9 heteroatoms. The number of aryl methyl sites for hydroxylation is 1. The van der Waals surface area contributed by atoms with E-state index in [1.807, 2.05) is 18.2 Å².